The number of carbonyl (C=O) groups excluding carboxylic acids is 1. The van der Waals surface area contributed by atoms with Crippen molar-refractivity contribution in [2.45, 2.75) is 24.8 Å². The smallest absolute Gasteiger partial charge is 0.329 e. The normalized spacial score (nSPS) is 16.5. The van der Waals surface area contributed by atoms with Gasteiger partial charge in [-0.15, -0.1) is 10.2 Å². The highest BCUT2D eigenvalue weighted by Gasteiger charge is 2.44. The lowest BCUT2D eigenvalue weighted by atomic mass is 9.77. The van der Waals surface area contributed by atoms with Gasteiger partial charge in [-0.3, -0.25) is 4.79 Å². The van der Waals surface area contributed by atoms with E-state index in [1.165, 1.54) is 13.1 Å². The van der Waals surface area contributed by atoms with Gasteiger partial charge in [-0.05, 0) is 31.4 Å². The molecule has 0 aliphatic heterocycles. The number of carboxylic acids is 1. The summed E-state index contributed by atoms with van der Waals surface area (Å²) < 4.78 is 0. The summed E-state index contributed by atoms with van der Waals surface area (Å²) >= 11 is 0. The number of carbonyl (C=O) groups is 2. The average molecular weight is 250 g/mol. The second-order valence-electron chi connectivity index (χ2n) is 4.25. The topological polar surface area (TPSA) is 104 Å². The number of aromatic nitrogens is 2. The van der Waals surface area contributed by atoms with Crippen LogP contribution in [0, 0.1) is 0 Å². The van der Waals surface area contributed by atoms with E-state index in [0.29, 0.717) is 18.7 Å². The molecule has 7 heteroatoms. The van der Waals surface area contributed by atoms with E-state index >= 15 is 0 Å². The van der Waals surface area contributed by atoms with Crippen molar-refractivity contribution in [2.75, 3.05) is 12.4 Å². The minimum absolute atomic E-state index is 0.195. The van der Waals surface area contributed by atoms with Crippen LogP contribution < -0.4 is 10.6 Å². The Morgan fingerprint density at radius 1 is 1.33 bits per heavy atom. The summed E-state index contributed by atoms with van der Waals surface area (Å²) in [6, 6.07) is 3.06. The molecule has 0 aromatic carbocycles. The lowest BCUT2D eigenvalue weighted by molar-refractivity contribution is -0.145. The molecule has 0 radical (unpaired) electrons. The van der Waals surface area contributed by atoms with E-state index in [-0.39, 0.29) is 11.6 Å². The number of hydrogen-bond donors (Lipinski definition) is 3. The number of amides is 1. The molecular formula is C11H14N4O3. The van der Waals surface area contributed by atoms with Crippen LogP contribution in [-0.4, -0.2) is 39.8 Å². The Bertz CT molecular complexity index is 468. The van der Waals surface area contributed by atoms with E-state index in [1.54, 1.807) is 6.07 Å². The molecule has 0 spiro atoms. The summed E-state index contributed by atoms with van der Waals surface area (Å²) in [4.78, 5) is 22.4. The molecule has 1 saturated carbocycles. The van der Waals surface area contributed by atoms with Crippen LogP contribution in [0.25, 0.3) is 0 Å². The largest absolute Gasteiger partial charge is 0.480 e. The Morgan fingerprint density at radius 2 is 2.06 bits per heavy atom. The van der Waals surface area contributed by atoms with Gasteiger partial charge in [-0.1, -0.05) is 0 Å². The van der Waals surface area contributed by atoms with Crippen molar-refractivity contribution in [3.63, 3.8) is 0 Å². The first-order valence-electron chi connectivity index (χ1n) is 5.65. The Morgan fingerprint density at radius 3 is 2.44 bits per heavy atom. The van der Waals surface area contributed by atoms with Gasteiger partial charge in [0.15, 0.2) is 5.69 Å². The molecule has 1 aliphatic carbocycles. The summed E-state index contributed by atoms with van der Waals surface area (Å²) in [5, 5.41) is 22.0. The number of nitrogens with one attached hydrogen (secondary N) is 2. The van der Waals surface area contributed by atoms with Gasteiger partial charge in [0.1, 0.15) is 11.4 Å². The fourth-order valence-electron chi connectivity index (χ4n) is 1.82. The van der Waals surface area contributed by atoms with Crippen molar-refractivity contribution in [1.82, 2.24) is 15.5 Å². The second-order valence-corrected chi connectivity index (χ2v) is 4.25. The van der Waals surface area contributed by atoms with Gasteiger partial charge < -0.3 is 15.7 Å². The van der Waals surface area contributed by atoms with Gasteiger partial charge in [0.05, 0.1) is 0 Å². The molecule has 7 nitrogen and oxygen atoms in total. The number of hydrogen-bond acceptors (Lipinski definition) is 5. The number of nitrogens with zero attached hydrogens (tertiary/aromatic N) is 2. The minimum Gasteiger partial charge on any atom is -0.480 e. The fourth-order valence-corrected chi connectivity index (χ4v) is 1.82. The van der Waals surface area contributed by atoms with Crippen LogP contribution in [0.3, 0.4) is 0 Å². The zero-order valence-corrected chi connectivity index (χ0v) is 9.93. The van der Waals surface area contributed by atoms with Crippen molar-refractivity contribution < 1.29 is 14.7 Å². The molecule has 0 bridgehead atoms. The average Bonchev–Trinajstić information content (AvgIpc) is 2.33. The van der Waals surface area contributed by atoms with E-state index in [4.69, 9.17) is 5.11 Å². The third-order valence-corrected chi connectivity index (χ3v) is 3.11. The second kappa shape index (κ2) is 4.59. The van der Waals surface area contributed by atoms with Gasteiger partial charge in [0.2, 0.25) is 0 Å². The molecular weight excluding hydrogens is 236 g/mol. The first-order chi connectivity index (χ1) is 8.57. The summed E-state index contributed by atoms with van der Waals surface area (Å²) in [5.41, 5.74) is -0.732. The van der Waals surface area contributed by atoms with Crippen LogP contribution in [0.5, 0.6) is 0 Å². The lowest BCUT2D eigenvalue weighted by Crippen LogP contribution is -2.52. The molecule has 96 valence electrons. The molecule has 0 saturated heterocycles. The third-order valence-electron chi connectivity index (χ3n) is 3.11. The van der Waals surface area contributed by atoms with E-state index < -0.39 is 11.5 Å². The molecule has 0 atom stereocenters. The fraction of sp³-hybridized carbons (Fsp3) is 0.455. The molecule has 1 heterocycles. The zero-order valence-electron chi connectivity index (χ0n) is 9.93. The third kappa shape index (κ3) is 2.11. The highest BCUT2D eigenvalue weighted by Crippen LogP contribution is 2.34. The molecule has 0 unspecified atom stereocenters. The minimum atomic E-state index is -0.927. The van der Waals surface area contributed by atoms with E-state index in [2.05, 4.69) is 20.8 Å². The highest BCUT2D eigenvalue weighted by atomic mass is 16.4. The Labute approximate surface area is 104 Å². The van der Waals surface area contributed by atoms with Crippen molar-refractivity contribution in [2.24, 2.45) is 0 Å². The maximum atomic E-state index is 11.3. The van der Waals surface area contributed by atoms with Crippen molar-refractivity contribution in [1.29, 1.82) is 0 Å². The SMILES string of the molecule is CNC(=O)c1ccc(NC2(C(=O)O)CCC2)nn1. The zero-order chi connectivity index (χ0) is 13.2. The van der Waals surface area contributed by atoms with Crippen molar-refractivity contribution >= 4 is 17.7 Å². The van der Waals surface area contributed by atoms with Crippen molar-refractivity contribution in [3.05, 3.63) is 17.8 Å². The van der Waals surface area contributed by atoms with E-state index in [1.807, 2.05) is 0 Å². The van der Waals surface area contributed by atoms with Crippen molar-refractivity contribution in [3.8, 4) is 0 Å². The summed E-state index contributed by atoms with van der Waals surface area (Å²) in [6.45, 7) is 0. The molecule has 1 amide bonds. The molecule has 18 heavy (non-hydrogen) atoms. The molecule has 1 aliphatic rings. The summed E-state index contributed by atoms with van der Waals surface area (Å²) in [6.07, 6.45) is 2.02. The first kappa shape index (κ1) is 12.3. The predicted molar refractivity (Wildman–Crippen MR) is 63.3 cm³/mol. The Balaban J connectivity index is 2.11. The molecule has 1 fully saturated rings. The predicted octanol–water partition coefficient (Wildman–Crippen LogP) is 0.255. The maximum absolute atomic E-state index is 11.3. The number of aliphatic carboxylic acids is 1. The summed E-state index contributed by atoms with van der Waals surface area (Å²) in [5.74, 6) is -0.846. The first-order valence-corrected chi connectivity index (χ1v) is 5.65. The number of rotatable bonds is 4. The molecule has 1 aromatic rings. The maximum Gasteiger partial charge on any atom is 0.329 e. The standard InChI is InChI=1S/C11H14N4O3/c1-12-9(16)7-3-4-8(15-14-7)13-11(10(17)18)5-2-6-11/h3-4H,2,5-6H2,1H3,(H,12,16)(H,13,15)(H,17,18). The van der Waals surface area contributed by atoms with Crippen LogP contribution >= 0.6 is 0 Å². The summed E-state index contributed by atoms with van der Waals surface area (Å²) in [7, 11) is 1.50. The van der Waals surface area contributed by atoms with Gasteiger partial charge in [-0.2, -0.15) is 0 Å². The van der Waals surface area contributed by atoms with Crippen LogP contribution in [0.1, 0.15) is 29.8 Å². The monoisotopic (exact) mass is 250 g/mol. The highest BCUT2D eigenvalue weighted by molar-refractivity contribution is 5.92. The van der Waals surface area contributed by atoms with Gasteiger partial charge in [-0.25, -0.2) is 4.79 Å². The van der Waals surface area contributed by atoms with Gasteiger partial charge >= 0.3 is 5.97 Å². The lowest BCUT2D eigenvalue weighted by Gasteiger charge is -2.38. The number of carboxylic acid groups (broad SMARTS) is 1. The van der Waals surface area contributed by atoms with Gasteiger partial charge in [0.25, 0.3) is 5.91 Å². The van der Waals surface area contributed by atoms with E-state index in [9.17, 15) is 9.59 Å². The Kier molecular flexibility index (Phi) is 3.14. The molecule has 3 N–H and O–H groups in total. The van der Waals surface area contributed by atoms with Crippen LogP contribution in [0.15, 0.2) is 12.1 Å². The van der Waals surface area contributed by atoms with Crippen LogP contribution in [-0.2, 0) is 4.79 Å². The van der Waals surface area contributed by atoms with Gasteiger partial charge in [0, 0.05) is 7.05 Å². The van der Waals surface area contributed by atoms with E-state index in [0.717, 1.165) is 6.42 Å². The Hall–Kier alpha value is -2.18. The van der Waals surface area contributed by atoms with Crippen LogP contribution in [0.4, 0.5) is 5.82 Å². The van der Waals surface area contributed by atoms with Crippen LogP contribution in [0.2, 0.25) is 0 Å². The number of anilines is 1. The molecule has 1 aromatic heterocycles. The quantitative estimate of drug-likeness (QED) is 0.707. The molecule has 2 rings (SSSR count).